The molecule has 0 heterocycles. The first kappa shape index (κ1) is 22.3. The Morgan fingerprint density at radius 3 is 2.61 bits per heavy atom. The van der Waals surface area contributed by atoms with E-state index < -0.39 is 24.0 Å². The van der Waals surface area contributed by atoms with Gasteiger partial charge in [0.15, 0.2) is 6.61 Å². The highest BCUT2D eigenvalue weighted by Crippen LogP contribution is 2.67. The predicted octanol–water partition coefficient (Wildman–Crippen LogP) is 3.27. The monoisotopic (exact) mass is 432 g/mol. The molecule has 0 saturated heterocycles. The van der Waals surface area contributed by atoms with Crippen molar-refractivity contribution in [3.05, 3.63) is 11.6 Å². The van der Waals surface area contributed by atoms with Crippen molar-refractivity contribution in [1.29, 1.82) is 0 Å². The van der Waals surface area contributed by atoms with Crippen LogP contribution in [-0.4, -0.2) is 46.6 Å². The van der Waals surface area contributed by atoms with Gasteiger partial charge in [-0.25, -0.2) is 0 Å². The lowest BCUT2D eigenvalue weighted by Crippen LogP contribution is -2.53. The van der Waals surface area contributed by atoms with Crippen LogP contribution in [0.25, 0.3) is 0 Å². The van der Waals surface area contributed by atoms with Crippen LogP contribution in [0.3, 0.4) is 0 Å². The SMILES string of the molecule is C[C@]12CC/C(=N/OCC(=O)NCC(=O)O)C=C1CC[C@@H]1[C@H]2CC[C@@]2(C)[C@@H]1CC[C@]2(C)O. The van der Waals surface area contributed by atoms with Gasteiger partial charge in [0.25, 0.3) is 5.91 Å². The first-order valence-electron chi connectivity index (χ1n) is 11.7. The van der Waals surface area contributed by atoms with Crippen LogP contribution in [0.5, 0.6) is 0 Å². The fourth-order valence-corrected chi connectivity index (χ4v) is 7.29. The zero-order valence-corrected chi connectivity index (χ0v) is 18.9. The van der Waals surface area contributed by atoms with Gasteiger partial charge in [-0.2, -0.15) is 0 Å². The molecule has 6 atom stereocenters. The van der Waals surface area contributed by atoms with Crippen LogP contribution in [0.4, 0.5) is 0 Å². The molecule has 4 aliphatic rings. The van der Waals surface area contributed by atoms with Crippen molar-refractivity contribution in [2.75, 3.05) is 13.2 Å². The van der Waals surface area contributed by atoms with Crippen LogP contribution >= 0.6 is 0 Å². The fraction of sp³-hybridized carbons (Fsp3) is 0.792. The van der Waals surface area contributed by atoms with E-state index in [2.05, 4.69) is 37.3 Å². The molecule has 3 fully saturated rings. The van der Waals surface area contributed by atoms with E-state index in [1.54, 1.807) is 0 Å². The normalized spacial score (nSPS) is 42.8. The molecule has 0 radical (unpaired) electrons. The zero-order valence-electron chi connectivity index (χ0n) is 18.9. The summed E-state index contributed by atoms with van der Waals surface area (Å²) in [5.41, 5.74) is 1.99. The number of hydrogen-bond acceptors (Lipinski definition) is 5. The molecular formula is C24H36N2O5. The van der Waals surface area contributed by atoms with Crippen molar-refractivity contribution in [3.8, 4) is 0 Å². The third-order valence-electron chi connectivity index (χ3n) is 9.35. The maximum absolute atomic E-state index is 11.6. The Labute approximate surface area is 184 Å². The Hall–Kier alpha value is -1.89. The van der Waals surface area contributed by atoms with Crippen molar-refractivity contribution >= 4 is 17.6 Å². The Morgan fingerprint density at radius 1 is 1.13 bits per heavy atom. The first-order valence-corrected chi connectivity index (χ1v) is 11.7. The van der Waals surface area contributed by atoms with Gasteiger partial charge in [0.2, 0.25) is 0 Å². The number of carboxylic acid groups (broad SMARTS) is 1. The van der Waals surface area contributed by atoms with E-state index in [0.717, 1.165) is 44.2 Å². The Bertz CT molecular complexity index is 819. The summed E-state index contributed by atoms with van der Waals surface area (Å²) in [6, 6.07) is 0. The molecule has 0 aromatic carbocycles. The van der Waals surface area contributed by atoms with Crippen molar-refractivity contribution in [2.45, 2.75) is 77.7 Å². The van der Waals surface area contributed by atoms with E-state index in [1.807, 2.05) is 0 Å². The average Bonchev–Trinajstić information content (AvgIpc) is 2.96. The fourth-order valence-electron chi connectivity index (χ4n) is 7.29. The van der Waals surface area contributed by atoms with Gasteiger partial charge >= 0.3 is 5.97 Å². The average molecular weight is 433 g/mol. The Kier molecular flexibility index (Phi) is 5.69. The Balaban J connectivity index is 1.43. The lowest BCUT2D eigenvalue weighted by Gasteiger charge is -2.59. The lowest BCUT2D eigenvalue weighted by atomic mass is 9.46. The molecule has 0 bridgehead atoms. The highest BCUT2D eigenvalue weighted by atomic mass is 16.6. The van der Waals surface area contributed by atoms with Crippen LogP contribution in [0.2, 0.25) is 0 Å². The summed E-state index contributed by atoms with van der Waals surface area (Å²) in [6.45, 7) is 6.10. The minimum atomic E-state index is -1.09. The number of nitrogens with zero attached hydrogens (tertiary/aromatic N) is 1. The second-order valence-corrected chi connectivity index (χ2v) is 10.8. The number of rotatable bonds is 5. The third-order valence-corrected chi connectivity index (χ3v) is 9.35. The molecular weight excluding hydrogens is 396 g/mol. The van der Waals surface area contributed by atoms with Crippen molar-refractivity contribution in [3.63, 3.8) is 0 Å². The van der Waals surface area contributed by atoms with Gasteiger partial charge in [0.1, 0.15) is 6.54 Å². The van der Waals surface area contributed by atoms with Crippen molar-refractivity contribution in [2.24, 2.45) is 33.7 Å². The number of oxime groups is 1. The highest BCUT2D eigenvalue weighted by Gasteiger charge is 2.62. The van der Waals surface area contributed by atoms with Crippen LogP contribution in [0.15, 0.2) is 16.8 Å². The van der Waals surface area contributed by atoms with Gasteiger partial charge in [-0.1, -0.05) is 24.6 Å². The molecule has 0 unspecified atom stereocenters. The van der Waals surface area contributed by atoms with Gasteiger partial charge in [0.05, 0.1) is 11.3 Å². The number of nitrogens with one attached hydrogen (secondary N) is 1. The number of allylic oxidation sites excluding steroid dienone is 2. The quantitative estimate of drug-likeness (QED) is 0.578. The summed E-state index contributed by atoms with van der Waals surface area (Å²) in [4.78, 5) is 27.3. The summed E-state index contributed by atoms with van der Waals surface area (Å²) in [6.07, 6.45) is 10.6. The summed E-state index contributed by atoms with van der Waals surface area (Å²) < 4.78 is 0. The molecule has 0 aliphatic heterocycles. The topological polar surface area (TPSA) is 108 Å². The summed E-state index contributed by atoms with van der Waals surface area (Å²) in [7, 11) is 0. The number of hydrogen-bond donors (Lipinski definition) is 3. The van der Waals surface area contributed by atoms with Gasteiger partial charge in [-0.3, -0.25) is 9.59 Å². The second-order valence-electron chi connectivity index (χ2n) is 10.8. The molecule has 7 nitrogen and oxygen atoms in total. The van der Waals surface area contributed by atoms with Gasteiger partial charge in [0, 0.05) is 0 Å². The molecule has 4 rings (SSSR count). The van der Waals surface area contributed by atoms with Crippen LogP contribution in [0.1, 0.15) is 72.1 Å². The van der Waals surface area contributed by atoms with Crippen LogP contribution in [0, 0.1) is 28.6 Å². The van der Waals surface area contributed by atoms with Gasteiger partial charge in [-0.15, -0.1) is 0 Å². The van der Waals surface area contributed by atoms with Gasteiger partial charge in [-0.05, 0) is 93.0 Å². The zero-order chi connectivity index (χ0) is 22.4. The van der Waals surface area contributed by atoms with E-state index in [-0.39, 0.29) is 17.4 Å². The minimum Gasteiger partial charge on any atom is -0.480 e. The molecule has 4 aliphatic carbocycles. The summed E-state index contributed by atoms with van der Waals surface area (Å²) >= 11 is 0. The number of carbonyl (C=O) groups excluding carboxylic acids is 1. The van der Waals surface area contributed by atoms with Crippen LogP contribution in [-0.2, 0) is 14.4 Å². The van der Waals surface area contributed by atoms with E-state index in [1.165, 1.54) is 18.4 Å². The second kappa shape index (κ2) is 7.91. The molecule has 3 N–H and O–H groups in total. The van der Waals surface area contributed by atoms with E-state index >= 15 is 0 Å². The maximum atomic E-state index is 11.6. The van der Waals surface area contributed by atoms with E-state index in [9.17, 15) is 14.7 Å². The predicted molar refractivity (Wildman–Crippen MR) is 116 cm³/mol. The molecule has 3 saturated carbocycles. The summed E-state index contributed by atoms with van der Waals surface area (Å²) in [5, 5.41) is 26.1. The minimum absolute atomic E-state index is 0.0437. The molecule has 0 aromatic heterocycles. The largest absolute Gasteiger partial charge is 0.480 e. The molecule has 0 spiro atoms. The number of carbonyl (C=O) groups is 2. The number of carboxylic acids is 1. The summed E-state index contributed by atoms with van der Waals surface area (Å²) in [5.74, 6) is 0.377. The van der Waals surface area contributed by atoms with E-state index in [0.29, 0.717) is 17.8 Å². The maximum Gasteiger partial charge on any atom is 0.322 e. The first-order chi connectivity index (χ1) is 14.6. The number of amides is 1. The molecule has 1 amide bonds. The molecule has 7 heteroatoms. The standard InChI is InChI=1S/C24H36N2O5/c1-22-9-6-16(26-31-14-20(27)25-13-21(28)29)12-15(22)4-5-17-18(22)7-10-23(2)19(17)8-11-24(23,3)30/h12,17-19,30H,4-11,13-14H2,1-3H3,(H,25,27)(H,28,29)/b26-16-/t17-,18-,19-,22+,23+,24+/m1/s1. The van der Waals surface area contributed by atoms with Crippen molar-refractivity contribution in [1.82, 2.24) is 5.32 Å². The molecule has 31 heavy (non-hydrogen) atoms. The molecule has 172 valence electrons. The van der Waals surface area contributed by atoms with Gasteiger partial charge < -0.3 is 20.4 Å². The van der Waals surface area contributed by atoms with E-state index in [4.69, 9.17) is 9.94 Å². The number of aliphatic hydroxyl groups is 1. The number of fused-ring (bicyclic) bond motifs is 5. The highest BCUT2D eigenvalue weighted by molar-refractivity contribution is 5.96. The lowest BCUT2D eigenvalue weighted by molar-refractivity contribution is -0.138. The molecule has 0 aromatic rings. The number of aliphatic carboxylic acids is 1. The third kappa shape index (κ3) is 3.79. The van der Waals surface area contributed by atoms with Crippen LogP contribution < -0.4 is 5.32 Å². The van der Waals surface area contributed by atoms with Crippen molar-refractivity contribution < 1.29 is 24.6 Å². The smallest absolute Gasteiger partial charge is 0.322 e. The Morgan fingerprint density at radius 2 is 1.87 bits per heavy atom.